The first kappa shape index (κ1) is 15.9. The zero-order valence-electron chi connectivity index (χ0n) is 10.8. The molecule has 6 heteroatoms. The van der Waals surface area contributed by atoms with Crippen molar-refractivity contribution in [2.75, 3.05) is 0 Å². The normalized spacial score (nSPS) is 14.5. The Bertz CT molecular complexity index is 441. The fraction of sp³-hybridized carbons (Fsp3) is 0.538. The third-order valence-corrected chi connectivity index (χ3v) is 3.46. The fourth-order valence-electron chi connectivity index (χ4n) is 1.95. The van der Waals surface area contributed by atoms with Gasteiger partial charge in [-0.3, -0.25) is 0 Å². The summed E-state index contributed by atoms with van der Waals surface area (Å²) in [6, 6.07) is 1.56. The second-order valence-corrected chi connectivity index (χ2v) is 4.53. The van der Waals surface area contributed by atoms with E-state index in [1.165, 1.54) is 0 Å². The molecule has 0 amide bonds. The first-order valence-corrected chi connectivity index (χ1v) is 6.00. The second-order valence-electron chi connectivity index (χ2n) is 4.53. The number of hydrogen-bond acceptors (Lipinski definition) is 2. The van der Waals surface area contributed by atoms with Gasteiger partial charge in [0.1, 0.15) is 5.82 Å². The molecule has 0 fully saturated rings. The number of alkyl halides is 3. The van der Waals surface area contributed by atoms with Gasteiger partial charge in [0.25, 0.3) is 0 Å². The van der Waals surface area contributed by atoms with Gasteiger partial charge in [0.15, 0.2) is 0 Å². The molecule has 3 N–H and O–H groups in total. The summed E-state index contributed by atoms with van der Waals surface area (Å²) in [5, 5.41) is 10.2. The molecule has 0 aliphatic rings. The summed E-state index contributed by atoms with van der Waals surface area (Å²) < 4.78 is 50.7. The third kappa shape index (κ3) is 3.25. The van der Waals surface area contributed by atoms with Crippen molar-refractivity contribution in [1.29, 1.82) is 0 Å². The first-order valence-electron chi connectivity index (χ1n) is 6.00. The number of aliphatic hydroxyl groups is 1. The number of rotatable bonds is 4. The Morgan fingerprint density at radius 2 is 1.74 bits per heavy atom. The third-order valence-electron chi connectivity index (χ3n) is 3.46. The van der Waals surface area contributed by atoms with Crippen LogP contribution in [0.25, 0.3) is 0 Å². The summed E-state index contributed by atoms with van der Waals surface area (Å²) >= 11 is 0. The van der Waals surface area contributed by atoms with Crippen LogP contribution in [0.2, 0.25) is 0 Å². The van der Waals surface area contributed by atoms with Gasteiger partial charge in [-0.15, -0.1) is 0 Å². The van der Waals surface area contributed by atoms with Crippen LogP contribution in [0.4, 0.5) is 17.6 Å². The van der Waals surface area contributed by atoms with Gasteiger partial charge in [-0.2, -0.15) is 13.2 Å². The maximum Gasteiger partial charge on any atom is 0.419 e. The number of nitrogens with two attached hydrogens (primary N) is 1. The lowest BCUT2D eigenvalue weighted by Gasteiger charge is -2.32. The maximum absolute atomic E-state index is 13.4. The zero-order valence-corrected chi connectivity index (χ0v) is 10.8. The molecular weight excluding hydrogens is 262 g/mol. The van der Waals surface area contributed by atoms with E-state index in [4.69, 9.17) is 5.73 Å². The largest absolute Gasteiger partial charge is 0.419 e. The highest BCUT2D eigenvalue weighted by atomic mass is 19.4. The minimum atomic E-state index is -4.74. The molecule has 0 bridgehead atoms. The lowest BCUT2D eigenvalue weighted by molar-refractivity contribution is -0.140. The van der Waals surface area contributed by atoms with Gasteiger partial charge in [-0.1, -0.05) is 19.9 Å². The van der Waals surface area contributed by atoms with E-state index in [2.05, 4.69) is 0 Å². The van der Waals surface area contributed by atoms with Gasteiger partial charge in [0, 0.05) is 0 Å². The molecule has 0 aliphatic carbocycles. The van der Waals surface area contributed by atoms with E-state index in [1.807, 2.05) is 0 Å². The van der Waals surface area contributed by atoms with Crippen molar-refractivity contribution in [1.82, 2.24) is 0 Å². The van der Waals surface area contributed by atoms with Crippen molar-refractivity contribution in [3.63, 3.8) is 0 Å². The van der Waals surface area contributed by atoms with Crippen molar-refractivity contribution < 1.29 is 22.7 Å². The van der Waals surface area contributed by atoms with Crippen molar-refractivity contribution in [3.05, 3.63) is 35.1 Å². The summed E-state index contributed by atoms with van der Waals surface area (Å²) in [6.07, 6.45) is -4.08. The lowest BCUT2D eigenvalue weighted by atomic mass is 9.84. The molecule has 1 unspecified atom stereocenters. The number of halogens is 4. The summed E-state index contributed by atoms with van der Waals surface area (Å²) in [5.41, 5.74) is 3.38. The van der Waals surface area contributed by atoms with E-state index in [1.54, 1.807) is 13.8 Å². The van der Waals surface area contributed by atoms with E-state index in [-0.39, 0.29) is 5.56 Å². The molecule has 0 saturated heterocycles. The lowest BCUT2D eigenvalue weighted by Crippen LogP contribution is -2.40. The molecular formula is C13H17F4NO. The van der Waals surface area contributed by atoms with Crippen LogP contribution in [0.3, 0.4) is 0 Å². The SMILES string of the molecule is CCC(O)(CC)C(N)c1ccc(C(F)(F)F)c(F)c1. The van der Waals surface area contributed by atoms with Gasteiger partial charge in [-0.25, -0.2) is 4.39 Å². The van der Waals surface area contributed by atoms with Crippen LogP contribution in [0.5, 0.6) is 0 Å². The molecule has 0 aromatic heterocycles. The first-order chi connectivity index (χ1) is 8.65. The molecule has 0 spiro atoms. The summed E-state index contributed by atoms with van der Waals surface area (Å²) in [7, 11) is 0. The minimum absolute atomic E-state index is 0.150. The predicted molar refractivity (Wildman–Crippen MR) is 63.9 cm³/mol. The fourth-order valence-corrected chi connectivity index (χ4v) is 1.95. The Kier molecular flexibility index (Phi) is 4.58. The Morgan fingerprint density at radius 1 is 1.21 bits per heavy atom. The molecule has 2 nitrogen and oxygen atoms in total. The monoisotopic (exact) mass is 279 g/mol. The Morgan fingerprint density at radius 3 is 2.11 bits per heavy atom. The summed E-state index contributed by atoms with van der Waals surface area (Å²) in [6.45, 7) is 3.42. The van der Waals surface area contributed by atoms with Gasteiger partial charge < -0.3 is 10.8 Å². The highest BCUT2D eigenvalue weighted by Gasteiger charge is 2.36. The molecule has 0 radical (unpaired) electrons. The van der Waals surface area contributed by atoms with Gasteiger partial charge in [-0.05, 0) is 30.5 Å². The smallest absolute Gasteiger partial charge is 0.388 e. The Labute approximate surface area is 109 Å². The van der Waals surface area contributed by atoms with Crippen molar-refractivity contribution in [2.45, 2.75) is 44.5 Å². The molecule has 1 aromatic rings. The highest BCUT2D eigenvalue weighted by Crippen LogP contribution is 2.35. The van der Waals surface area contributed by atoms with Gasteiger partial charge >= 0.3 is 6.18 Å². The molecule has 1 aromatic carbocycles. The second kappa shape index (κ2) is 5.46. The molecule has 19 heavy (non-hydrogen) atoms. The van der Waals surface area contributed by atoms with E-state index >= 15 is 0 Å². The summed E-state index contributed by atoms with van der Waals surface area (Å²) in [5.74, 6) is -1.38. The van der Waals surface area contributed by atoms with Gasteiger partial charge in [0.05, 0.1) is 17.2 Å². The Balaban J connectivity index is 3.15. The van der Waals surface area contributed by atoms with E-state index < -0.39 is 29.2 Å². The topological polar surface area (TPSA) is 46.2 Å². The van der Waals surface area contributed by atoms with Gasteiger partial charge in [0.2, 0.25) is 0 Å². The standard InChI is InChI=1S/C13H17F4NO/c1-3-12(19,4-2)11(18)8-5-6-9(10(14)7-8)13(15,16)17/h5-7,11,19H,3-4,18H2,1-2H3. The van der Waals surface area contributed by atoms with E-state index in [0.717, 1.165) is 12.1 Å². The highest BCUT2D eigenvalue weighted by molar-refractivity contribution is 5.29. The zero-order chi connectivity index (χ0) is 14.8. The summed E-state index contributed by atoms with van der Waals surface area (Å²) in [4.78, 5) is 0. The average Bonchev–Trinajstić information content (AvgIpc) is 2.35. The molecule has 0 saturated carbocycles. The molecule has 0 aliphatic heterocycles. The number of benzene rings is 1. The van der Waals surface area contributed by atoms with Crippen LogP contribution in [-0.2, 0) is 6.18 Å². The van der Waals surface area contributed by atoms with Crippen LogP contribution in [-0.4, -0.2) is 10.7 Å². The predicted octanol–water partition coefficient (Wildman–Crippen LogP) is 3.40. The van der Waals surface area contributed by atoms with Crippen LogP contribution in [0, 0.1) is 5.82 Å². The quantitative estimate of drug-likeness (QED) is 0.830. The Hall–Kier alpha value is -1.14. The van der Waals surface area contributed by atoms with Crippen LogP contribution >= 0.6 is 0 Å². The molecule has 108 valence electrons. The molecule has 1 atom stereocenters. The molecule has 1 rings (SSSR count). The van der Waals surface area contributed by atoms with Crippen molar-refractivity contribution in [2.24, 2.45) is 5.73 Å². The van der Waals surface area contributed by atoms with Crippen molar-refractivity contribution in [3.8, 4) is 0 Å². The van der Waals surface area contributed by atoms with Crippen LogP contribution < -0.4 is 5.73 Å². The average molecular weight is 279 g/mol. The maximum atomic E-state index is 13.4. The molecule has 0 heterocycles. The van der Waals surface area contributed by atoms with E-state index in [9.17, 15) is 22.7 Å². The van der Waals surface area contributed by atoms with Crippen LogP contribution in [0.1, 0.15) is 43.9 Å². The minimum Gasteiger partial charge on any atom is -0.388 e. The van der Waals surface area contributed by atoms with E-state index in [0.29, 0.717) is 18.9 Å². The van der Waals surface area contributed by atoms with Crippen molar-refractivity contribution >= 4 is 0 Å². The number of hydrogen-bond donors (Lipinski definition) is 2. The van der Waals surface area contributed by atoms with Crippen LogP contribution in [0.15, 0.2) is 18.2 Å².